The predicted molar refractivity (Wildman–Crippen MR) is 66.4 cm³/mol. The Labute approximate surface area is 101 Å². The molecule has 0 bridgehead atoms. The molecule has 0 saturated carbocycles. The normalized spacial score (nSPS) is 10.7. The zero-order chi connectivity index (χ0) is 11.5. The number of hydrogen-bond acceptors (Lipinski definition) is 0. The molecule has 2 aromatic rings. The molecule has 0 aliphatic rings. The van der Waals surface area contributed by atoms with E-state index in [4.69, 9.17) is 11.6 Å². The summed E-state index contributed by atoms with van der Waals surface area (Å²) in [7, 11) is 0. The first-order valence-electron chi connectivity index (χ1n) is 5.62. The van der Waals surface area contributed by atoms with Gasteiger partial charge in [0.25, 0.3) is 0 Å². The van der Waals surface area contributed by atoms with Gasteiger partial charge in [0, 0.05) is 5.56 Å². The fourth-order valence-corrected chi connectivity index (χ4v) is 2.33. The van der Waals surface area contributed by atoms with Crippen LogP contribution in [0.4, 0.5) is 0 Å². The van der Waals surface area contributed by atoms with Crippen molar-refractivity contribution in [3.63, 3.8) is 0 Å². The number of hydrogen-bond donors (Lipinski definition) is 0. The monoisotopic (exact) mass is 235 g/mol. The Hall–Kier alpha value is -1.28. The minimum Gasteiger partial charge on any atom is -0.142 e. The van der Waals surface area contributed by atoms with E-state index in [-0.39, 0.29) is 0 Å². The Morgan fingerprint density at radius 3 is 2.44 bits per heavy atom. The van der Waals surface area contributed by atoms with Crippen molar-refractivity contribution in [2.24, 2.45) is 0 Å². The first-order chi connectivity index (χ1) is 7.77. The number of halogens is 1. The molecule has 3 heteroatoms. The summed E-state index contributed by atoms with van der Waals surface area (Å²) in [6.07, 6.45) is 0. The van der Waals surface area contributed by atoms with Gasteiger partial charge in [0.2, 0.25) is 5.69 Å². The highest BCUT2D eigenvalue weighted by Crippen LogP contribution is 2.20. The lowest BCUT2D eigenvalue weighted by Crippen LogP contribution is -2.43. The summed E-state index contributed by atoms with van der Waals surface area (Å²) in [5.74, 6) is 0. The molecule has 0 fully saturated rings. The van der Waals surface area contributed by atoms with E-state index in [0.717, 1.165) is 18.2 Å². The van der Waals surface area contributed by atoms with Gasteiger partial charge in [-0.15, -0.1) is 9.36 Å². The molecule has 0 aliphatic carbocycles. The van der Waals surface area contributed by atoms with Crippen LogP contribution >= 0.6 is 11.6 Å². The molecule has 1 heterocycles. The summed E-state index contributed by atoms with van der Waals surface area (Å²) >= 11 is 6.22. The third-order valence-electron chi connectivity index (χ3n) is 2.74. The van der Waals surface area contributed by atoms with Crippen LogP contribution in [0.5, 0.6) is 0 Å². The van der Waals surface area contributed by atoms with Gasteiger partial charge in [-0.25, -0.2) is 0 Å². The minimum absolute atomic E-state index is 0.795. The third kappa shape index (κ3) is 1.85. The molecule has 0 radical (unpaired) electrons. The molecule has 0 spiro atoms. The van der Waals surface area contributed by atoms with Crippen LogP contribution in [-0.2, 0) is 13.1 Å². The third-order valence-corrected chi connectivity index (χ3v) is 3.04. The molecule has 0 amide bonds. The van der Waals surface area contributed by atoms with Gasteiger partial charge in [0.15, 0.2) is 11.7 Å². The van der Waals surface area contributed by atoms with E-state index in [1.165, 1.54) is 11.3 Å². The van der Waals surface area contributed by atoms with Gasteiger partial charge >= 0.3 is 0 Å². The molecule has 1 aromatic heterocycles. The maximum absolute atomic E-state index is 6.22. The molecule has 0 aliphatic heterocycles. The highest BCUT2D eigenvalue weighted by Gasteiger charge is 2.20. The van der Waals surface area contributed by atoms with Crippen LogP contribution in [0, 0.1) is 0 Å². The molecule has 2 nitrogen and oxygen atoms in total. The van der Waals surface area contributed by atoms with Crippen LogP contribution in [0.15, 0.2) is 36.4 Å². The Morgan fingerprint density at radius 1 is 1.19 bits per heavy atom. The minimum atomic E-state index is 0.795. The SMILES string of the molecule is CCn1c(Cl)cc(-c2ccccc2)[n+]1CC. The number of nitrogens with zero attached hydrogens (tertiary/aromatic N) is 2. The van der Waals surface area contributed by atoms with Crippen molar-refractivity contribution in [2.45, 2.75) is 26.9 Å². The van der Waals surface area contributed by atoms with E-state index in [0.29, 0.717) is 0 Å². The number of aromatic nitrogens is 2. The summed E-state index contributed by atoms with van der Waals surface area (Å²) < 4.78 is 4.29. The van der Waals surface area contributed by atoms with Crippen LogP contribution < -0.4 is 4.68 Å². The molecular formula is C13H16ClN2+. The summed E-state index contributed by atoms with van der Waals surface area (Å²) in [5.41, 5.74) is 2.38. The lowest BCUT2D eigenvalue weighted by Gasteiger charge is -2.01. The zero-order valence-corrected chi connectivity index (χ0v) is 10.4. The number of rotatable bonds is 3. The first kappa shape index (κ1) is 11.2. The smallest absolute Gasteiger partial charge is 0.142 e. The van der Waals surface area contributed by atoms with E-state index in [1.807, 2.05) is 24.3 Å². The summed E-state index contributed by atoms with van der Waals surface area (Å²) in [4.78, 5) is 0. The van der Waals surface area contributed by atoms with Crippen LogP contribution in [-0.4, -0.2) is 4.68 Å². The van der Waals surface area contributed by atoms with E-state index in [2.05, 4.69) is 35.3 Å². The largest absolute Gasteiger partial charge is 0.240 e. The maximum atomic E-state index is 6.22. The molecular weight excluding hydrogens is 220 g/mol. The molecule has 2 rings (SSSR count). The van der Waals surface area contributed by atoms with Crippen molar-refractivity contribution in [3.8, 4) is 11.3 Å². The van der Waals surface area contributed by atoms with Crippen molar-refractivity contribution in [3.05, 3.63) is 41.6 Å². The van der Waals surface area contributed by atoms with Gasteiger partial charge in [-0.05, 0) is 26.0 Å². The van der Waals surface area contributed by atoms with Crippen molar-refractivity contribution >= 4 is 11.6 Å². The van der Waals surface area contributed by atoms with Gasteiger partial charge in [0.1, 0.15) is 0 Å². The zero-order valence-electron chi connectivity index (χ0n) is 9.65. The van der Waals surface area contributed by atoms with Crippen LogP contribution in [0.2, 0.25) is 5.15 Å². The average molecular weight is 236 g/mol. The Kier molecular flexibility index (Phi) is 3.30. The lowest BCUT2D eigenvalue weighted by atomic mass is 10.1. The summed E-state index contributed by atoms with van der Waals surface area (Å²) in [5, 5.41) is 0.795. The van der Waals surface area contributed by atoms with E-state index >= 15 is 0 Å². The van der Waals surface area contributed by atoms with Crippen molar-refractivity contribution in [2.75, 3.05) is 0 Å². The van der Waals surface area contributed by atoms with Gasteiger partial charge in [-0.1, -0.05) is 29.8 Å². The first-order valence-corrected chi connectivity index (χ1v) is 6.00. The highest BCUT2D eigenvalue weighted by molar-refractivity contribution is 6.29. The maximum Gasteiger partial charge on any atom is 0.240 e. The van der Waals surface area contributed by atoms with E-state index in [1.54, 1.807) is 0 Å². The average Bonchev–Trinajstić information content (AvgIpc) is 2.66. The predicted octanol–water partition coefficient (Wildman–Crippen LogP) is 3.14. The highest BCUT2D eigenvalue weighted by atomic mass is 35.5. The quantitative estimate of drug-likeness (QED) is 0.723. The van der Waals surface area contributed by atoms with Gasteiger partial charge in [0.05, 0.1) is 12.6 Å². The Balaban J connectivity index is 2.57. The molecule has 0 saturated heterocycles. The fourth-order valence-electron chi connectivity index (χ4n) is 2.01. The van der Waals surface area contributed by atoms with E-state index in [9.17, 15) is 0 Å². The lowest BCUT2D eigenvalue weighted by molar-refractivity contribution is -0.762. The molecule has 0 atom stereocenters. The second-order valence-electron chi connectivity index (χ2n) is 3.65. The van der Waals surface area contributed by atoms with Crippen LogP contribution in [0.25, 0.3) is 11.3 Å². The second-order valence-corrected chi connectivity index (χ2v) is 4.04. The summed E-state index contributed by atoms with van der Waals surface area (Å²) in [6, 6.07) is 12.4. The fraction of sp³-hybridized carbons (Fsp3) is 0.308. The Morgan fingerprint density at radius 2 is 1.88 bits per heavy atom. The van der Waals surface area contributed by atoms with E-state index < -0.39 is 0 Å². The molecule has 1 aromatic carbocycles. The summed E-state index contributed by atoms with van der Waals surface area (Å²) in [6.45, 7) is 6.05. The van der Waals surface area contributed by atoms with Crippen molar-refractivity contribution in [1.82, 2.24) is 4.68 Å². The van der Waals surface area contributed by atoms with Gasteiger partial charge in [-0.3, -0.25) is 0 Å². The molecule has 84 valence electrons. The van der Waals surface area contributed by atoms with Gasteiger partial charge in [-0.2, -0.15) is 0 Å². The standard InChI is InChI=1S/C13H16ClN2/c1-3-15-12(10-13(14)16(15)4-2)11-8-6-5-7-9-11/h5-10H,3-4H2,1-2H3/q+1. The molecule has 0 N–H and O–H groups in total. The van der Waals surface area contributed by atoms with Crippen LogP contribution in [0.3, 0.4) is 0 Å². The number of benzene rings is 1. The second kappa shape index (κ2) is 4.71. The topological polar surface area (TPSA) is 8.81 Å². The van der Waals surface area contributed by atoms with Crippen molar-refractivity contribution < 1.29 is 4.68 Å². The van der Waals surface area contributed by atoms with Crippen LogP contribution in [0.1, 0.15) is 13.8 Å². The Bertz CT molecular complexity index is 474. The van der Waals surface area contributed by atoms with Crippen molar-refractivity contribution in [1.29, 1.82) is 0 Å². The molecule has 0 unspecified atom stereocenters. The van der Waals surface area contributed by atoms with Gasteiger partial charge < -0.3 is 0 Å². The molecule has 16 heavy (non-hydrogen) atoms.